The molecule has 1 heterocycles. The van der Waals surface area contributed by atoms with Crippen LogP contribution < -0.4 is 16.0 Å². The number of ether oxygens (including phenoxy) is 1. The van der Waals surface area contributed by atoms with Crippen LogP contribution in [0.25, 0.3) is 0 Å². The van der Waals surface area contributed by atoms with Crippen molar-refractivity contribution in [3.8, 4) is 11.8 Å². The van der Waals surface area contributed by atoms with Crippen LogP contribution in [0.1, 0.15) is 5.56 Å². The lowest BCUT2D eigenvalue weighted by Crippen LogP contribution is -2.10. The summed E-state index contributed by atoms with van der Waals surface area (Å²) in [5.74, 6) is 1.51. The first-order chi connectivity index (χ1) is 9.67. The molecule has 6 nitrogen and oxygen atoms in total. The Hall–Kier alpha value is -2.46. The summed E-state index contributed by atoms with van der Waals surface area (Å²) in [5.41, 5.74) is 5.80. The number of nitrogens with one attached hydrogen (secondary N) is 1. The molecule has 0 aliphatic heterocycles. The number of H-pyrrole nitrogens is 1. The fourth-order valence-electron chi connectivity index (χ4n) is 1.45. The monoisotopic (exact) mass is 288 g/mol. The van der Waals surface area contributed by atoms with Gasteiger partial charge < -0.3 is 15.5 Å². The summed E-state index contributed by atoms with van der Waals surface area (Å²) >= 11 is 1.35. The van der Waals surface area contributed by atoms with Crippen LogP contribution in [0.5, 0.6) is 5.75 Å². The van der Waals surface area contributed by atoms with Gasteiger partial charge in [0.2, 0.25) is 0 Å². The van der Waals surface area contributed by atoms with E-state index in [0.717, 1.165) is 0 Å². The van der Waals surface area contributed by atoms with Gasteiger partial charge in [0.1, 0.15) is 11.6 Å². The second-order valence-electron chi connectivity index (χ2n) is 3.81. The number of rotatable bonds is 5. The fraction of sp³-hybridized carbons (Fsp3) is 0.154. The zero-order chi connectivity index (χ0) is 14.4. The van der Waals surface area contributed by atoms with Gasteiger partial charge in [-0.05, 0) is 24.3 Å². The summed E-state index contributed by atoms with van der Waals surface area (Å²) in [5, 5.41) is 9.14. The van der Waals surface area contributed by atoms with E-state index in [1.807, 2.05) is 6.07 Å². The minimum atomic E-state index is -0.270. The van der Waals surface area contributed by atoms with Crippen LogP contribution in [-0.4, -0.2) is 22.3 Å². The van der Waals surface area contributed by atoms with E-state index < -0.39 is 0 Å². The molecule has 0 radical (unpaired) electrons. The van der Waals surface area contributed by atoms with Gasteiger partial charge in [0.15, 0.2) is 5.16 Å². The lowest BCUT2D eigenvalue weighted by Gasteiger charge is -2.05. The maximum Gasteiger partial charge on any atom is 0.253 e. The number of hydrogen-bond donors (Lipinski definition) is 2. The molecule has 0 amide bonds. The smallest absolute Gasteiger partial charge is 0.253 e. The van der Waals surface area contributed by atoms with E-state index in [9.17, 15) is 4.79 Å². The molecule has 1 aromatic carbocycles. The summed E-state index contributed by atoms with van der Waals surface area (Å²) in [6.07, 6.45) is 0. The van der Waals surface area contributed by atoms with Crippen LogP contribution in [0.3, 0.4) is 0 Å². The molecule has 3 N–H and O–H groups in total. The summed E-state index contributed by atoms with van der Waals surface area (Å²) in [6.45, 7) is 0.453. The minimum absolute atomic E-state index is 0.198. The number of nitriles is 1. The van der Waals surface area contributed by atoms with Crippen LogP contribution >= 0.6 is 11.8 Å². The van der Waals surface area contributed by atoms with E-state index in [4.69, 9.17) is 15.7 Å². The van der Waals surface area contributed by atoms with Crippen molar-refractivity contribution >= 4 is 17.6 Å². The fourth-order valence-corrected chi connectivity index (χ4v) is 2.15. The number of anilines is 1. The Morgan fingerprint density at radius 2 is 2.15 bits per heavy atom. The van der Waals surface area contributed by atoms with E-state index in [2.05, 4.69) is 9.97 Å². The van der Waals surface area contributed by atoms with Gasteiger partial charge in [-0.1, -0.05) is 11.8 Å². The summed E-state index contributed by atoms with van der Waals surface area (Å²) in [6, 6.07) is 10.1. The quantitative estimate of drug-likeness (QED) is 0.489. The highest BCUT2D eigenvalue weighted by Crippen LogP contribution is 2.14. The molecule has 0 saturated carbocycles. The van der Waals surface area contributed by atoms with Crippen molar-refractivity contribution in [3.63, 3.8) is 0 Å². The molecule has 0 saturated heterocycles. The maximum atomic E-state index is 11.2. The molecule has 0 aliphatic rings. The minimum Gasteiger partial charge on any atom is -0.493 e. The molecule has 0 spiro atoms. The molecule has 0 fully saturated rings. The molecule has 2 rings (SSSR count). The molecule has 0 unspecified atom stereocenters. The summed E-state index contributed by atoms with van der Waals surface area (Å²) < 4.78 is 5.51. The van der Waals surface area contributed by atoms with E-state index >= 15 is 0 Å². The summed E-state index contributed by atoms with van der Waals surface area (Å²) in [7, 11) is 0. The molecule has 0 aliphatic carbocycles. The van der Waals surface area contributed by atoms with Crippen LogP contribution in [0.4, 0.5) is 5.82 Å². The van der Waals surface area contributed by atoms with Crippen molar-refractivity contribution in [2.45, 2.75) is 5.16 Å². The first-order valence-corrected chi connectivity index (χ1v) is 6.78. The first kappa shape index (κ1) is 14.0. The second-order valence-corrected chi connectivity index (χ2v) is 4.89. The SMILES string of the molecule is N#Cc1ccc(OCCSc2nc(N)cc(=O)[nH]2)cc1. The van der Waals surface area contributed by atoms with Crippen molar-refractivity contribution in [2.24, 2.45) is 0 Å². The Balaban J connectivity index is 1.81. The molecule has 0 bridgehead atoms. The lowest BCUT2D eigenvalue weighted by molar-refractivity contribution is 0.344. The zero-order valence-corrected chi connectivity index (χ0v) is 11.3. The van der Waals surface area contributed by atoms with Crippen molar-refractivity contribution in [2.75, 3.05) is 18.1 Å². The van der Waals surface area contributed by atoms with E-state index in [-0.39, 0.29) is 11.4 Å². The Labute approximate surface area is 119 Å². The van der Waals surface area contributed by atoms with Gasteiger partial charge >= 0.3 is 0 Å². The molecule has 102 valence electrons. The number of nitrogens with zero attached hydrogens (tertiary/aromatic N) is 2. The highest BCUT2D eigenvalue weighted by Gasteiger charge is 2.00. The average Bonchev–Trinajstić information content (AvgIpc) is 2.43. The van der Waals surface area contributed by atoms with Gasteiger partial charge in [0.05, 0.1) is 18.2 Å². The average molecular weight is 288 g/mol. The zero-order valence-electron chi connectivity index (χ0n) is 10.5. The Bertz CT molecular complexity index is 676. The Kier molecular flexibility index (Phi) is 4.63. The maximum absolute atomic E-state index is 11.2. The third-order valence-electron chi connectivity index (χ3n) is 2.31. The number of thioether (sulfide) groups is 1. The normalized spacial score (nSPS) is 9.95. The number of benzene rings is 1. The molecule has 2 aromatic rings. The predicted molar refractivity (Wildman–Crippen MR) is 76.6 cm³/mol. The van der Waals surface area contributed by atoms with Crippen molar-refractivity contribution < 1.29 is 4.74 Å². The number of nitrogen functional groups attached to an aromatic ring is 1. The third kappa shape index (κ3) is 4.03. The van der Waals surface area contributed by atoms with Crippen LogP contribution in [0.2, 0.25) is 0 Å². The first-order valence-electron chi connectivity index (χ1n) is 5.80. The Morgan fingerprint density at radius 1 is 1.40 bits per heavy atom. The standard InChI is InChI=1S/C13H12N4O2S/c14-8-9-1-3-10(4-2-9)19-5-6-20-13-16-11(15)7-12(18)17-13/h1-4,7H,5-6H2,(H3,15,16,17,18). The van der Waals surface area contributed by atoms with Crippen LogP contribution in [0.15, 0.2) is 40.3 Å². The predicted octanol–water partition coefficient (Wildman–Crippen LogP) is 1.39. The molecule has 1 aromatic heterocycles. The van der Waals surface area contributed by atoms with Crippen molar-refractivity contribution in [1.29, 1.82) is 5.26 Å². The van der Waals surface area contributed by atoms with Crippen molar-refractivity contribution in [3.05, 3.63) is 46.2 Å². The van der Waals surface area contributed by atoms with E-state index in [0.29, 0.717) is 28.8 Å². The lowest BCUT2D eigenvalue weighted by atomic mass is 10.2. The topological polar surface area (TPSA) is 105 Å². The second kappa shape index (κ2) is 6.63. The highest BCUT2D eigenvalue weighted by atomic mass is 32.2. The van der Waals surface area contributed by atoms with Gasteiger partial charge in [-0.25, -0.2) is 4.98 Å². The number of nitrogens with two attached hydrogens (primary N) is 1. The summed E-state index contributed by atoms with van der Waals surface area (Å²) in [4.78, 5) is 17.8. The molecule has 7 heteroatoms. The number of aromatic amines is 1. The van der Waals surface area contributed by atoms with Gasteiger partial charge in [-0.15, -0.1) is 0 Å². The third-order valence-corrected chi connectivity index (χ3v) is 3.15. The largest absolute Gasteiger partial charge is 0.493 e. The van der Waals surface area contributed by atoms with Crippen molar-refractivity contribution in [1.82, 2.24) is 9.97 Å². The molecular weight excluding hydrogens is 276 g/mol. The van der Waals surface area contributed by atoms with E-state index in [1.54, 1.807) is 24.3 Å². The van der Waals surface area contributed by atoms with Gasteiger partial charge in [-0.3, -0.25) is 4.79 Å². The molecular formula is C13H12N4O2S. The molecule has 20 heavy (non-hydrogen) atoms. The van der Waals surface area contributed by atoms with Crippen LogP contribution in [-0.2, 0) is 0 Å². The van der Waals surface area contributed by atoms with Gasteiger partial charge in [0.25, 0.3) is 5.56 Å². The van der Waals surface area contributed by atoms with Gasteiger partial charge in [0, 0.05) is 11.8 Å². The highest BCUT2D eigenvalue weighted by molar-refractivity contribution is 7.99. The van der Waals surface area contributed by atoms with E-state index in [1.165, 1.54) is 17.8 Å². The number of aromatic nitrogens is 2. The van der Waals surface area contributed by atoms with Gasteiger partial charge in [-0.2, -0.15) is 5.26 Å². The number of hydrogen-bond acceptors (Lipinski definition) is 6. The Morgan fingerprint density at radius 3 is 2.80 bits per heavy atom. The molecule has 0 atom stereocenters. The van der Waals surface area contributed by atoms with Crippen LogP contribution in [0, 0.1) is 11.3 Å².